The van der Waals surface area contributed by atoms with Crippen molar-refractivity contribution in [2.24, 2.45) is 0 Å². The van der Waals surface area contributed by atoms with Gasteiger partial charge in [-0.15, -0.1) is 0 Å². The van der Waals surface area contributed by atoms with Crippen LogP contribution in [0, 0.1) is 0 Å². The summed E-state index contributed by atoms with van der Waals surface area (Å²) >= 11 is 0. The lowest BCUT2D eigenvalue weighted by Gasteiger charge is -2.24. The van der Waals surface area contributed by atoms with Crippen molar-refractivity contribution in [3.8, 4) is 56.4 Å². The third-order valence-electron chi connectivity index (χ3n) is 10.7. The molecule has 8 aromatic carbocycles. The highest BCUT2D eigenvalue weighted by Gasteiger charge is 2.38. The van der Waals surface area contributed by atoms with Crippen LogP contribution in [-0.4, -0.2) is 15.0 Å². The summed E-state index contributed by atoms with van der Waals surface area (Å²) in [7, 11) is 0. The highest BCUT2D eigenvalue weighted by molar-refractivity contribution is 6.19. The van der Waals surface area contributed by atoms with E-state index in [1.807, 2.05) is 0 Å². The number of nitrogens with zero attached hydrogens (tertiary/aromatic N) is 3. The lowest BCUT2D eigenvalue weighted by Crippen LogP contribution is -2.17. The fraction of sp³-hybridized carbons (Fsp3) is 0.0625. The van der Waals surface area contributed by atoms with Crippen molar-refractivity contribution in [3.05, 3.63) is 175 Å². The van der Waals surface area contributed by atoms with E-state index in [0.29, 0.717) is 17.5 Å². The van der Waals surface area contributed by atoms with Gasteiger partial charge in [-0.2, -0.15) is 0 Å². The van der Waals surface area contributed by atoms with Gasteiger partial charge in [0.15, 0.2) is 17.5 Å². The summed E-state index contributed by atoms with van der Waals surface area (Å²) in [6.07, 6.45) is 0. The summed E-state index contributed by atoms with van der Waals surface area (Å²) in [6.45, 7) is 4.64. The second kappa shape index (κ2) is 11.3. The van der Waals surface area contributed by atoms with E-state index >= 15 is 0 Å². The fourth-order valence-electron chi connectivity index (χ4n) is 8.37. The van der Waals surface area contributed by atoms with Crippen molar-refractivity contribution in [3.63, 3.8) is 0 Å². The maximum Gasteiger partial charge on any atom is 0.165 e. The van der Waals surface area contributed by atoms with Crippen LogP contribution in [0.2, 0.25) is 0 Å². The van der Waals surface area contributed by atoms with Crippen LogP contribution in [0.5, 0.6) is 0 Å². The molecule has 0 saturated heterocycles. The molecule has 0 unspecified atom stereocenters. The standard InChI is InChI=1S/C48H33N3/c1-48(2)42-26-13-12-22-36(42)38-24-14-25-40(44(38)48)46-49-45(39-23-11-10-19-33(39)30-15-4-3-5-16-30)50-47(51-46)43-35-21-9-7-18-32(35)29-41-34-20-8-6-17-31(34)27-28-37(41)43/h3-29H,1-2H3. The molecule has 0 saturated carbocycles. The highest BCUT2D eigenvalue weighted by atomic mass is 15.0. The van der Waals surface area contributed by atoms with Gasteiger partial charge in [-0.3, -0.25) is 0 Å². The van der Waals surface area contributed by atoms with E-state index in [4.69, 9.17) is 15.0 Å². The van der Waals surface area contributed by atoms with Crippen LogP contribution in [-0.2, 0) is 5.41 Å². The predicted octanol–water partition coefficient (Wildman–Crippen LogP) is 12.3. The Morgan fingerprint density at radius 3 is 1.78 bits per heavy atom. The first-order valence-corrected chi connectivity index (χ1v) is 17.5. The van der Waals surface area contributed by atoms with E-state index in [1.165, 1.54) is 38.4 Å². The van der Waals surface area contributed by atoms with E-state index in [1.54, 1.807) is 0 Å². The van der Waals surface area contributed by atoms with Crippen LogP contribution in [0.15, 0.2) is 164 Å². The van der Waals surface area contributed by atoms with Gasteiger partial charge in [-0.1, -0.05) is 172 Å². The second-order valence-corrected chi connectivity index (χ2v) is 14.0. The summed E-state index contributed by atoms with van der Waals surface area (Å²) < 4.78 is 0. The number of aromatic nitrogens is 3. The molecule has 0 radical (unpaired) electrons. The molecule has 0 N–H and O–H groups in total. The molecule has 10 rings (SSSR count). The van der Waals surface area contributed by atoms with Gasteiger partial charge in [-0.25, -0.2) is 15.0 Å². The monoisotopic (exact) mass is 651 g/mol. The third kappa shape index (κ3) is 4.55. The molecule has 0 fully saturated rings. The zero-order valence-corrected chi connectivity index (χ0v) is 28.4. The van der Waals surface area contributed by atoms with E-state index in [9.17, 15) is 0 Å². The molecule has 3 nitrogen and oxygen atoms in total. The minimum atomic E-state index is -0.234. The smallest absolute Gasteiger partial charge is 0.165 e. The van der Waals surface area contributed by atoms with Gasteiger partial charge in [0.25, 0.3) is 0 Å². The molecule has 3 heteroatoms. The minimum Gasteiger partial charge on any atom is -0.208 e. The Morgan fingerprint density at radius 1 is 0.373 bits per heavy atom. The number of rotatable bonds is 4. The molecule has 240 valence electrons. The third-order valence-corrected chi connectivity index (χ3v) is 10.7. The van der Waals surface area contributed by atoms with Crippen LogP contribution in [0.25, 0.3) is 88.7 Å². The summed E-state index contributed by atoms with van der Waals surface area (Å²) in [6, 6.07) is 58.3. The molecule has 0 amide bonds. The van der Waals surface area contributed by atoms with Crippen LogP contribution in [0.3, 0.4) is 0 Å². The molecular weight excluding hydrogens is 619 g/mol. The van der Waals surface area contributed by atoms with Gasteiger partial charge < -0.3 is 0 Å². The van der Waals surface area contributed by atoms with E-state index in [-0.39, 0.29) is 5.41 Å². The quantitative estimate of drug-likeness (QED) is 0.140. The van der Waals surface area contributed by atoms with Crippen molar-refractivity contribution in [1.29, 1.82) is 0 Å². The topological polar surface area (TPSA) is 38.7 Å². The number of hydrogen-bond donors (Lipinski definition) is 0. The number of benzene rings is 8. The minimum absolute atomic E-state index is 0.234. The van der Waals surface area contributed by atoms with Crippen molar-refractivity contribution in [1.82, 2.24) is 15.0 Å². The normalized spacial score (nSPS) is 13.1. The zero-order chi connectivity index (χ0) is 34.1. The molecule has 51 heavy (non-hydrogen) atoms. The Kier molecular flexibility index (Phi) is 6.53. The average molecular weight is 652 g/mol. The first kappa shape index (κ1) is 29.5. The molecule has 1 aromatic heterocycles. The molecule has 1 aliphatic carbocycles. The van der Waals surface area contributed by atoms with Gasteiger partial charge in [0.2, 0.25) is 0 Å². The predicted molar refractivity (Wildman–Crippen MR) is 212 cm³/mol. The van der Waals surface area contributed by atoms with Crippen molar-refractivity contribution in [2.45, 2.75) is 19.3 Å². The van der Waals surface area contributed by atoms with Crippen LogP contribution in [0.4, 0.5) is 0 Å². The first-order valence-electron chi connectivity index (χ1n) is 17.5. The molecule has 1 heterocycles. The van der Waals surface area contributed by atoms with E-state index in [0.717, 1.165) is 44.0 Å². The Balaban J connectivity index is 1.32. The largest absolute Gasteiger partial charge is 0.208 e. The summed E-state index contributed by atoms with van der Waals surface area (Å²) in [5.41, 5.74) is 10.1. The lowest BCUT2D eigenvalue weighted by molar-refractivity contribution is 0.661. The first-order chi connectivity index (χ1) is 25.1. The molecule has 0 aliphatic heterocycles. The summed E-state index contributed by atoms with van der Waals surface area (Å²) in [5.74, 6) is 2.00. The Hall–Kier alpha value is -6.45. The van der Waals surface area contributed by atoms with Crippen molar-refractivity contribution >= 4 is 32.3 Å². The SMILES string of the molecule is CC1(C)c2ccccc2-c2cccc(-c3nc(-c4ccccc4-c4ccccc4)nc(-c4c5ccccc5cc5c4ccc4ccccc45)n3)c21. The second-order valence-electron chi connectivity index (χ2n) is 14.0. The van der Waals surface area contributed by atoms with E-state index < -0.39 is 0 Å². The van der Waals surface area contributed by atoms with Crippen LogP contribution in [0.1, 0.15) is 25.0 Å². The molecular formula is C48H33N3. The van der Waals surface area contributed by atoms with Gasteiger partial charge in [0.05, 0.1) is 0 Å². The Bertz CT molecular complexity index is 2830. The Labute approximate surface area is 297 Å². The Morgan fingerprint density at radius 2 is 0.961 bits per heavy atom. The fourth-order valence-corrected chi connectivity index (χ4v) is 8.37. The highest BCUT2D eigenvalue weighted by Crippen LogP contribution is 2.52. The van der Waals surface area contributed by atoms with Crippen LogP contribution >= 0.6 is 0 Å². The molecule has 0 spiro atoms. The van der Waals surface area contributed by atoms with Gasteiger partial charge in [-0.05, 0) is 71.8 Å². The summed E-state index contributed by atoms with van der Waals surface area (Å²) in [4.78, 5) is 16.3. The van der Waals surface area contributed by atoms with E-state index in [2.05, 4.69) is 178 Å². The van der Waals surface area contributed by atoms with Gasteiger partial charge in [0, 0.05) is 22.1 Å². The van der Waals surface area contributed by atoms with Crippen LogP contribution < -0.4 is 0 Å². The van der Waals surface area contributed by atoms with Gasteiger partial charge >= 0.3 is 0 Å². The molecule has 1 aliphatic rings. The van der Waals surface area contributed by atoms with Crippen molar-refractivity contribution < 1.29 is 0 Å². The number of fused-ring (bicyclic) bond motifs is 7. The van der Waals surface area contributed by atoms with Crippen molar-refractivity contribution in [2.75, 3.05) is 0 Å². The van der Waals surface area contributed by atoms with Gasteiger partial charge in [0.1, 0.15) is 0 Å². The maximum atomic E-state index is 5.47. The molecule has 9 aromatic rings. The molecule has 0 bridgehead atoms. The summed E-state index contributed by atoms with van der Waals surface area (Å²) in [5, 5.41) is 7.01. The lowest BCUT2D eigenvalue weighted by atomic mass is 9.80. The average Bonchev–Trinajstić information content (AvgIpc) is 3.43. The molecule has 0 atom stereocenters. The maximum absolute atomic E-state index is 5.47. The number of hydrogen-bond acceptors (Lipinski definition) is 3. The zero-order valence-electron chi connectivity index (χ0n) is 28.4.